The van der Waals surface area contributed by atoms with Crippen molar-refractivity contribution in [2.45, 2.75) is 32.6 Å². The summed E-state index contributed by atoms with van der Waals surface area (Å²) in [5.74, 6) is 1.17. The van der Waals surface area contributed by atoms with Gasteiger partial charge in [-0.05, 0) is 61.6 Å². The van der Waals surface area contributed by atoms with Crippen LogP contribution in [-0.2, 0) is 20.8 Å². The molecule has 2 aromatic carbocycles. The van der Waals surface area contributed by atoms with Crippen molar-refractivity contribution in [3.05, 3.63) is 84.1 Å². The number of aromatic nitrogens is 4. The number of nitrogens with zero attached hydrogens (tertiary/aromatic N) is 3. The molecule has 206 valence electrons. The van der Waals surface area contributed by atoms with Crippen molar-refractivity contribution in [3.63, 3.8) is 0 Å². The molecule has 0 radical (unpaired) electrons. The Morgan fingerprint density at radius 2 is 1.80 bits per heavy atom. The number of aromatic amines is 1. The third kappa shape index (κ3) is 5.88. The molecule has 1 saturated heterocycles. The Labute approximate surface area is 231 Å². The van der Waals surface area contributed by atoms with Crippen LogP contribution in [0.2, 0.25) is 0 Å². The molecule has 1 aliphatic carbocycles. The van der Waals surface area contributed by atoms with E-state index in [2.05, 4.69) is 20.6 Å². The van der Waals surface area contributed by atoms with E-state index in [9.17, 15) is 9.18 Å². The number of anilines is 1. The summed E-state index contributed by atoms with van der Waals surface area (Å²) in [6.07, 6.45) is 3.33. The van der Waals surface area contributed by atoms with E-state index in [4.69, 9.17) is 19.4 Å². The van der Waals surface area contributed by atoms with E-state index >= 15 is 0 Å². The Bertz CT molecular complexity index is 1460. The minimum Gasteiger partial charge on any atom is -0.354 e. The first-order valence-electron chi connectivity index (χ1n) is 13.5. The number of hydrogen-bond donors (Lipinski definition) is 3. The molecule has 3 N–H and O–H groups in total. The molecule has 2 aromatic heterocycles. The molecule has 6 rings (SSSR count). The van der Waals surface area contributed by atoms with Gasteiger partial charge in [0.25, 0.3) is 0 Å². The Balaban J connectivity index is 1.20. The highest BCUT2D eigenvalue weighted by atomic mass is 19.1. The van der Waals surface area contributed by atoms with Crippen molar-refractivity contribution in [2.75, 3.05) is 25.1 Å². The van der Waals surface area contributed by atoms with Crippen LogP contribution in [0.25, 0.3) is 22.6 Å². The van der Waals surface area contributed by atoms with Crippen LogP contribution in [0.3, 0.4) is 0 Å². The van der Waals surface area contributed by atoms with E-state index in [1.165, 1.54) is 25.0 Å². The number of benzene rings is 2. The fraction of sp³-hybridized carbons (Fsp3) is 0.333. The summed E-state index contributed by atoms with van der Waals surface area (Å²) in [5, 5.41) is 6.28. The predicted molar refractivity (Wildman–Crippen MR) is 147 cm³/mol. The molecule has 10 heteroatoms. The zero-order valence-electron chi connectivity index (χ0n) is 22.2. The summed E-state index contributed by atoms with van der Waals surface area (Å²) in [6, 6.07) is 17.7. The maximum absolute atomic E-state index is 13.7. The number of imidazole rings is 1. The fourth-order valence-electron chi connectivity index (χ4n) is 4.54. The minimum atomic E-state index is -0.852. The second kappa shape index (κ2) is 11.1. The molecule has 1 aliphatic heterocycles. The number of rotatable bonds is 9. The molecule has 0 spiro atoms. The van der Waals surface area contributed by atoms with E-state index in [1.807, 2.05) is 37.3 Å². The van der Waals surface area contributed by atoms with Crippen LogP contribution in [0.4, 0.5) is 10.3 Å². The molecule has 3 heterocycles. The van der Waals surface area contributed by atoms with Gasteiger partial charge in [0.2, 0.25) is 18.1 Å². The highest BCUT2D eigenvalue weighted by Crippen LogP contribution is 2.36. The second-order valence-electron chi connectivity index (χ2n) is 10.6. The Morgan fingerprint density at radius 1 is 1.05 bits per heavy atom. The van der Waals surface area contributed by atoms with Gasteiger partial charge in [0.1, 0.15) is 5.82 Å². The molecule has 2 fully saturated rings. The number of amides is 1. The molecule has 0 unspecified atom stereocenters. The van der Waals surface area contributed by atoms with Gasteiger partial charge >= 0.3 is 0 Å². The predicted octanol–water partition coefficient (Wildman–Crippen LogP) is 4.86. The lowest BCUT2D eigenvalue weighted by atomic mass is 9.91. The second-order valence-corrected chi connectivity index (χ2v) is 10.6. The summed E-state index contributed by atoms with van der Waals surface area (Å²) in [6.45, 7) is 3.39. The van der Waals surface area contributed by atoms with Gasteiger partial charge in [-0.15, -0.1) is 0 Å². The van der Waals surface area contributed by atoms with Gasteiger partial charge in [0.05, 0.1) is 35.7 Å². The van der Waals surface area contributed by atoms with E-state index in [0.717, 1.165) is 12.1 Å². The van der Waals surface area contributed by atoms with Gasteiger partial charge in [0.15, 0.2) is 5.82 Å². The summed E-state index contributed by atoms with van der Waals surface area (Å²) in [7, 11) is 0. The summed E-state index contributed by atoms with van der Waals surface area (Å²) < 4.78 is 25.7. The number of halogens is 1. The zero-order valence-corrected chi connectivity index (χ0v) is 22.2. The van der Waals surface area contributed by atoms with Gasteiger partial charge in [-0.1, -0.05) is 30.3 Å². The van der Waals surface area contributed by atoms with Crippen LogP contribution in [0.15, 0.2) is 66.9 Å². The maximum atomic E-state index is 13.7. The largest absolute Gasteiger partial charge is 0.354 e. The standard InChI is InChI=1S/C30H31FN6O3/c1-30(28(38)33-15-19-5-3-2-4-6-19)17-39-27(40-18-30)26-36-24(21-9-11-22(31)12-10-21)25(37-26)23-13-14-32-29(35-23)34-16-20-7-8-20/h2-6,9-14,20,27H,7-8,15-18H2,1H3,(H,33,38)(H,36,37)(H,32,34,35). The highest BCUT2D eigenvalue weighted by Gasteiger charge is 2.40. The number of carbonyl (C=O) groups excluding carboxylic acids is 1. The lowest BCUT2D eigenvalue weighted by molar-refractivity contribution is -0.231. The van der Waals surface area contributed by atoms with Crippen LogP contribution in [0, 0.1) is 17.2 Å². The monoisotopic (exact) mass is 542 g/mol. The van der Waals surface area contributed by atoms with Crippen LogP contribution < -0.4 is 10.6 Å². The first kappa shape index (κ1) is 26.1. The SMILES string of the molecule is CC1(C(=O)NCc2ccccc2)COC(c2nc(-c3ccc(F)cc3)c(-c3ccnc(NCC4CC4)n3)[nH]2)OC1. The smallest absolute Gasteiger partial charge is 0.230 e. The lowest BCUT2D eigenvalue weighted by Crippen LogP contribution is -2.48. The molecular weight excluding hydrogens is 511 g/mol. The summed E-state index contributed by atoms with van der Waals surface area (Å²) in [5.41, 5.74) is 2.73. The molecule has 40 heavy (non-hydrogen) atoms. The highest BCUT2D eigenvalue weighted by molar-refractivity contribution is 5.82. The quantitative estimate of drug-likeness (QED) is 0.277. The molecular formula is C30H31FN6O3. The number of hydrogen-bond acceptors (Lipinski definition) is 7. The van der Waals surface area contributed by atoms with Gasteiger partial charge in [-0.25, -0.2) is 19.3 Å². The first-order valence-corrected chi connectivity index (χ1v) is 13.5. The van der Waals surface area contributed by atoms with Crippen molar-refractivity contribution in [3.8, 4) is 22.6 Å². The van der Waals surface area contributed by atoms with E-state index < -0.39 is 11.7 Å². The summed E-state index contributed by atoms with van der Waals surface area (Å²) in [4.78, 5) is 30.1. The normalized spacial score (nSPS) is 20.7. The van der Waals surface area contributed by atoms with E-state index in [0.29, 0.717) is 46.9 Å². The van der Waals surface area contributed by atoms with Crippen molar-refractivity contribution in [1.29, 1.82) is 0 Å². The molecule has 4 aromatic rings. The van der Waals surface area contributed by atoms with E-state index in [-0.39, 0.29) is 24.9 Å². The van der Waals surface area contributed by atoms with Gasteiger partial charge < -0.3 is 25.1 Å². The summed E-state index contributed by atoms with van der Waals surface area (Å²) >= 11 is 0. The zero-order chi connectivity index (χ0) is 27.5. The first-order chi connectivity index (χ1) is 19.5. The maximum Gasteiger partial charge on any atom is 0.230 e. The fourth-order valence-corrected chi connectivity index (χ4v) is 4.54. The van der Waals surface area contributed by atoms with E-state index in [1.54, 1.807) is 24.4 Å². The Hall–Kier alpha value is -4.15. The molecule has 1 saturated carbocycles. The number of nitrogens with one attached hydrogen (secondary N) is 3. The number of ether oxygens (including phenoxy) is 2. The molecule has 9 nitrogen and oxygen atoms in total. The molecule has 0 atom stereocenters. The number of H-pyrrole nitrogens is 1. The van der Waals surface area contributed by atoms with Gasteiger partial charge in [0, 0.05) is 24.8 Å². The third-order valence-electron chi connectivity index (χ3n) is 7.17. The Morgan fingerprint density at radius 3 is 2.52 bits per heavy atom. The molecule has 1 amide bonds. The average Bonchev–Trinajstić information content (AvgIpc) is 3.72. The topological polar surface area (TPSA) is 114 Å². The van der Waals surface area contributed by atoms with Crippen LogP contribution in [0.5, 0.6) is 0 Å². The third-order valence-corrected chi connectivity index (χ3v) is 7.17. The Kier molecular flexibility index (Phi) is 7.27. The van der Waals surface area contributed by atoms with Gasteiger partial charge in [-0.3, -0.25) is 4.79 Å². The van der Waals surface area contributed by atoms with Crippen molar-refractivity contribution >= 4 is 11.9 Å². The van der Waals surface area contributed by atoms with Crippen LogP contribution >= 0.6 is 0 Å². The minimum absolute atomic E-state index is 0.144. The van der Waals surface area contributed by atoms with Crippen molar-refractivity contribution < 1.29 is 18.7 Å². The molecule has 0 bridgehead atoms. The number of carbonyl (C=O) groups is 1. The molecule has 2 aliphatic rings. The van der Waals surface area contributed by atoms with Crippen molar-refractivity contribution in [2.24, 2.45) is 11.3 Å². The average molecular weight is 543 g/mol. The van der Waals surface area contributed by atoms with Crippen molar-refractivity contribution in [1.82, 2.24) is 25.3 Å². The van der Waals surface area contributed by atoms with Crippen LogP contribution in [0.1, 0.15) is 37.4 Å². The van der Waals surface area contributed by atoms with Gasteiger partial charge in [-0.2, -0.15) is 0 Å². The lowest BCUT2D eigenvalue weighted by Gasteiger charge is -2.35. The van der Waals surface area contributed by atoms with Crippen LogP contribution in [-0.4, -0.2) is 45.6 Å².